The van der Waals surface area contributed by atoms with E-state index in [1.54, 1.807) is 11.9 Å². The lowest BCUT2D eigenvalue weighted by Crippen LogP contribution is -2.27. The Bertz CT molecular complexity index is 565. The molecule has 0 spiro atoms. The van der Waals surface area contributed by atoms with E-state index < -0.39 is 0 Å². The van der Waals surface area contributed by atoms with Crippen LogP contribution in [0.15, 0.2) is 21.7 Å². The van der Waals surface area contributed by atoms with Crippen LogP contribution in [0.4, 0.5) is 5.95 Å². The van der Waals surface area contributed by atoms with Crippen LogP contribution >= 0.6 is 11.8 Å². The molecular formula is C11H15N5O2S. The molecule has 0 fully saturated rings. The van der Waals surface area contributed by atoms with E-state index in [2.05, 4.69) is 15.2 Å². The Hall–Kier alpha value is -1.96. The van der Waals surface area contributed by atoms with Crippen molar-refractivity contribution >= 4 is 23.6 Å². The number of aromatic nitrogens is 3. The Kier molecular flexibility index (Phi) is 4.10. The number of hydrogen-bond acceptors (Lipinski definition) is 6. The number of nitrogens with one attached hydrogen (secondary N) is 1. The first-order chi connectivity index (χ1) is 9.04. The minimum absolute atomic E-state index is 0.0255. The number of carbonyl (C=O) groups is 1. The number of amides is 1. The number of nitrogen functional groups attached to an aromatic ring is 1. The highest BCUT2D eigenvalue weighted by atomic mass is 32.2. The van der Waals surface area contributed by atoms with Crippen molar-refractivity contribution in [3.63, 3.8) is 0 Å². The summed E-state index contributed by atoms with van der Waals surface area (Å²) in [5.41, 5.74) is 5.40. The molecule has 0 aliphatic rings. The van der Waals surface area contributed by atoms with E-state index in [4.69, 9.17) is 10.2 Å². The van der Waals surface area contributed by atoms with Crippen molar-refractivity contribution in [2.75, 3.05) is 18.5 Å². The highest BCUT2D eigenvalue weighted by Crippen LogP contribution is 2.14. The third-order valence-corrected chi connectivity index (χ3v) is 3.25. The van der Waals surface area contributed by atoms with Gasteiger partial charge in [-0.1, -0.05) is 11.8 Å². The molecular weight excluding hydrogens is 266 g/mol. The number of furan rings is 1. The van der Waals surface area contributed by atoms with E-state index in [1.165, 1.54) is 11.8 Å². The third kappa shape index (κ3) is 3.75. The van der Waals surface area contributed by atoms with Crippen LogP contribution in [0.2, 0.25) is 0 Å². The molecule has 0 bridgehead atoms. The summed E-state index contributed by atoms with van der Waals surface area (Å²) in [7, 11) is 1.73. The van der Waals surface area contributed by atoms with Crippen molar-refractivity contribution in [3.8, 4) is 0 Å². The summed E-state index contributed by atoms with van der Waals surface area (Å²) in [5.74, 6) is 2.08. The number of aryl methyl sites for hydroxylation is 1. The first kappa shape index (κ1) is 13.5. The highest BCUT2D eigenvalue weighted by Gasteiger charge is 2.13. The zero-order valence-electron chi connectivity index (χ0n) is 10.7. The Balaban J connectivity index is 1.82. The number of H-pyrrole nitrogens is 1. The molecule has 19 heavy (non-hydrogen) atoms. The second-order valence-corrected chi connectivity index (χ2v) is 5.00. The fourth-order valence-corrected chi connectivity index (χ4v) is 2.20. The molecule has 0 saturated heterocycles. The molecule has 8 heteroatoms. The lowest BCUT2D eigenvalue weighted by atomic mass is 10.4. The van der Waals surface area contributed by atoms with Crippen molar-refractivity contribution in [3.05, 3.63) is 23.7 Å². The van der Waals surface area contributed by atoms with Crippen molar-refractivity contribution in [1.82, 2.24) is 20.1 Å². The average molecular weight is 281 g/mol. The molecule has 0 radical (unpaired) electrons. The van der Waals surface area contributed by atoms with E-state index in [9.17, 15) is 4.79 Å². The van der Waals surface area contributed by atoms with Gasteiger partial charge in [-0.3, -0.25) is 4.79 Å². The molecule has 0 atom stereocenters. The number of nitrogens with two attached hydrogens (primary N) is 1. The average Bonchev–Trinajstić information content (AvgIpc) is 2.95. The summed E-state index contributed by atoms with van der Waals surface area (Å²) in [4.78, 5) is 17.4. The van der Waals surface area contributed by atoms with Crippen LogP contribution in [0.3, 0.4) is 0 Å². The minimum atomic E-state index is -0.0255. The number of anilines is 1. The monoisotopic (exact) mass is 281 g/mol. The Morgan fingerprint density at radius 2 is 2.37 bits per heavy atom. The van der Waals surface area contributed by atoms with Crippen molar-refractivity contribution in [1.29, 1.82) is 0 Å². The Labute approximate surface area is 114 Å². The maximum Gasteiger partial charge on any atom is 0.233 e. The molecule has 7 nitrogen and oxygen atoms in total. The first-order valence-corrected chi connectivity index (χ1v) is 6.63. The lowest BCUT2D eigenvalue weighted by molar-refractivity contribution is -0.127. The summed E-state index contributed by atoms with van der Waals surface area (Å²) in [5, 5.41) is 6.83. The van der Waals surface area contributed by atoms with Gasteiger partial charge in [0.05, 0.1) is 12.3 Å². The maximum atomic E-state index is 11.9. The number of hydrogen-bond donors (Lipinski definition) is 2. The van der Waals surface area contributed by atoms with E-state index in [-0.39, 0.29) is 17.6 Å². The van der Waals surface area contributed by atoms with E-state index in [0.29, 0.717) is 11.7 Å². The van der Waals surface area contributed by atoms with Gasteiger partial charge in [0.1, 0.15) is 11.5 Å². The standard InChI is InChI=1S/C11H15N5O2S/c1-7-3-4-8(18-7)5-16(2)9(17)6-19-11-13-10(12)14-15-11/h3-4H,5-6H2,1-2H3,(H3,12,13,14,15). The van der Waals surface area contributed by atoms with Gasteiger partial charge in [0.2, 0.25) is 17.0 Å². The fraction of sp³-hybridized carbons (Fsp3) is 0.364. The van der Waals surface area contributed by atoms with Gasteiger partial charge in [-0.25, -0.2) is 5.10 Å². The van der Waals surface area contributed by atoms with Crippen molar-refractivity contribution < 1.29 is 9.21 Å². The van der Waals surface area contributed by atoms with Gasteiger partial charge >= 0.3 is 0 Å². The van der Waals surface area contributed by atoms with Gasteiger partial charge < -0.3 is 15.1 Å². The van der Waals surface area contributed by atoms with Crippen molar-refractivity contribution in [2.24, 2.45) is 0 Å². The van der Waals surface area contributed by atoms with E-state index in [0.717, 1.165) is 11.5 Å². The van der Waals surface area contributed by atoms with Crippen LogP contribution in [0, 0.1) is 6.92 Å². The van der Waals surface area contributed by atoms with Crippen LogP contribution in [-0.2, 0) is 11.3 Å². The second kappa shape index (κ2) is 5.79. The van der Waals surface area contributed by atoms with Gasteiger partial charge in [-0.05, 0) is 19.1 Å². The van der Waals surface area contributed by atoms with Crippen LogP contribution in [0.5, 0.6) is 0 Å². The summed E-state index contributed by atoms with van der Waals surface area (Å²) in [6.07, 6.45) is 0. The third-order valence-electron chi connectivity index (χ3n) is 2.42. The van der Waals surface area contributed by atoms with Crippen LogP contribution in [-0.4, -0.2) is 38.8 Å². The van der Waals surface area contributed by atoms with Gasteiger partial charge in [0.25, 0.3) is 0 Å². The molecule has 0 aromatic carbocycles. The molecule has 102 valence electrons. The first-order valence-electron chi connectivity index (χ1n) is 5.64. The maximum absolute atomic E-state index is 11.9. The van der Waals surface area contributed by atoms with Gasteiger partial charge in [-0.15, -0.1) is 5.10 Å². The summed E-state index contributed by atoms with van der Waals surface area (Å²) >= 11 is 1.24. The molecule has 0 aliphatic carbocycles. The van der Waals surface area contributed by atoms with E-state index >= 15 is 0 Å². The molecule has 1 amide bonds. The number of carbonyl (C=O) groups excluding carboxylic acids is 1. The Morgan fingerprint density at radius 3 is 2.95 bits per heavy atom. The zero-order valence-corrected chi connectivity index (χ0v) is 11.5. The molecule has 0 aliphatic heterocycles. The normalized spacial score (nSPS) is 10.6. The van der Waals surface area contributed by atoms with E-state index in [1.807, 2.05) is 19.1 Å². The number of aromatic amines is 1. The largest absolute Gasteiger partial charge is 0.464 e. The Morgan fingerprint density at radius 1 is 1.58 bits per heavy atom. The molecule has 0 saturated carbocycles. The van der Waals surface area contributed by atoms with Gasteiger partial charge in [0, 0.05) is 7.05 Å². The smallest absolute Gasteiger partial charge is 0.233 e. The molecule has 2 aromatic heterocycles. The van der Waals surface area contributed by atoms with Gasteiger partial charge in [-0.2, -0.15) is 4.98 Å². The summed E-state index contributed by atoms with van der Waals surface area (Å²) in [6, 6.07) is 3.74. The molecule has 2 rings (SSSR count). The predicted octanol–water partition coefficient (Wildman–Crippen LogP) is 1.04. The molecule has 0 unspecified atom stereocenters. The van der Waals surface area contributed by atoms with Crippen molar-refractivity contribution in [2.45, 2.75) is 18.6 Å². The van der Waals surface area contributed by atoms with Crippen LogP contribution in [0.1, 0.15) is 11.5 Å². The SMILES string of the molecule is Cc1ccc(CN(C)C(=O)CSc2n[nH]c(N)n2)o1. The number of rotatable bonds is 5. The minimum Gasteiger partial charge on any atom is -0.464 e. The highest BCUT2D eigenvalue weighted by molar-refractivity contribution is 7.99. The lowest BCUT2D eigenvalue weighted by Gasteiger charge is -2.14. The zero-order chi connectivity index (χ0) is 13.8. The molecule has 2 heterocycles. The van der Waals surface area contributed by atoms with Gasteiger partial charge in [0.15, 0.2) is 0 Å². The van der Waals surface area contributed by atoms with Crippen LogP contribution in [0.25, 0.3) is 0 Å². The topological polar surface area (TPSA) is 101 Å². The quantitative estimate of drug-likeness (QED) is 0.794. The van der Waals surface area contributed by atoms with Crippen LogP contribution < -0.4 is 5.73 Å². The number of thioether (sulfide) groups is 1. The fourth-order valence-electron chi connectivity index (χ4n) is 1.45. The summed E-state index contributed by atoms with van der Waals surface area (Å²) < 4.78 is 5.42. The molecule has 3 N–H and O–H groups in total. The summed E-state index contributed by atoms with van der Waals surface area (Å²) in [6.45, 7) is 2.32. The molecule has 2 aromatic rings. The predicted molar refractivity (Wildman–Crippen MR) is 71.4 cm³/mol. The number of nitrogens with zero attached hydrogens (tertiary/aromatic N) is 3. The second-order valence-electron chi connectivity index (χ2n) is 4.05.